The fourth-order valence-electron chi connectivity index (χ4n) is 8.36. The molecule has 4 aromatic rings. The van der Waals surface area contributed by atoms with Crippen molar-refractivity contribution in [2.24, 2.45) is 10.9 Å². The molecule has 45 heavy (non-hydrogen) atoms. The summed E-state index contributed by atoms with van der Waals surface area (Å²) in [6.45, 7) is 0. The van der Waals surface area contributed by atoms with E-state index in [4.69, 9.17) is 15.1 Å². The van der Waals surface area contributed by atoms with Crippen molar-refractivity contribution in [1.82, 2.24) is 15.3 Å². The van der Waals surface area contributed by atoms with Gasteiger partial charge in [-0.25, -0.2) is 14.8 Å². The van der Waals surface area contributed by atoms with Gasteiger partial charge in [0.2, 0.25) is 0 Å². The molecule has 3 N–H and O–H groups in total. The average Bonchev–Trinajstić information content (AvgIpc) is 3.80. The lowest BCUT2D eigenvalue weighted by atomic mass is 9.73. The van der Waals surface area contributed by atoms with E-state index in [1.807, 2.05) is 30.6 Å². The highest BCUT2D eigenvalue weighted by Gasteiger charge is 2.46. The summed E-state index contributed by atoms with van der Waals surface area (Å²) in [6, 6.07) is 20.6. The second kappa shape index (κ2) is 11.0. The Kier molecular flexibility index (Phi) is 6.81. The molecule has 2 saturated carbocycles. The van der Waals surface area contributed by atoms with Gasteiger partial charge in [0.15, 0.2) is 0 Å². The van der Waals surface area contributed by atoms with Crippen LogP contribution in [0.2, 0.25) is 0 Å². The molecule has 2 fully saturated rings. The van der Waals surface area contributed by atoms with E-state index in [1.54, 1.807) is 6.08 Å². The van der Waals surface area contributed by atoms with Crippen molar-refractivity contribution >= 4 is 46.7 Å². The van der Waals surface area contributed by atoms with Crippen LogP contribution in [0.3, 0.4) is 0 Å². The largest absolute Gasteiger partial charge is 0.478 e. The van der Waals surface area contributed by atoms with Crippen LogP contribution in [-0.2, 0) is 10.3 Å². The van der Waals surface area contributed by atoms with Crippen LogP contribution in [0.25, 0.3) is 17.1 Å². The Labute approximate surface area is 262 Å². The van der Waals surface area contributed by atoms with Crippen molar-refractivity contribution in [2.45, 2.75) is 75.3 Å². The van der Waals surface area contributed by atoms with Gasteiger partial charge in [0.1, 0.15) is 5.82 Å². The Morgan fingerprint density at radius 3 is 2.60 bits per heavy atom. The van der Waals surface area contributed by atoms with E-state index in [2.05, 4.69) is 51.6 Å². The molecule has 3 aromatic carbocycles. The van der Waals surface area contributed by atoms with Gasteiger partial charge in [-0.1, -0.05) is 62.4 Å². The first-order chi connectivity index (χ1) is 22.0. The maximum Gasteiger partial charge on any atom is 0.328 e. The Bertz CT molecular complexity index is 1860. The summed E-state index contributed by atoms with van der Waals surface area (Å²) in [6.07, 6.45) is 14.6. The molecule has 2 aliphatic carbocycles. The number of aliphatic carboxylic acids is 1. The zero-order valence-corrected chi connectivity index (χ0v) is 25.2. The number of nitrogens with one attached hydrogen (secondary N) is 2. The van der Waals surface area contributed by atoms with E-state index in [0.717, 1.165) is 65.6 Å². The Morgan fingerprint density at radius 2 is 1.78 bits per heavy atom. The summed E-state index contributed by atoms with van der Waals surface area (Å²) in [5, 5.41) is 12.4. The first-order valence-corrected chi connectivity index (χ1v) is 16.3. The first kappa shape index (κ1) is 27.8. The smallest absolute Gasteiger partial charge is 0.328 e. The van der Waals surface area contributed by atoms with Crippen molar-refractivity contribution in [3.8, 4) is 0 Å². The number of hydrogen-bond donors (Lipinski definition) is 3. The van der Waals surface area contributed by atoms with Crippen LogP contribution in [0, 0.1) is 5.92 Å². The SMILES string of the molecule is O=C(O)C=Cc1ccc2nc(C3(NC(=O)c4ccc5c(c4)N4C=Nc6ccccc6C4C5C4CCCCC4)CCCC3)[nH]c2c1. The van der Waals surface area contributed by atoms with E-state index in [-0.39, 0.29) is 11.9 Å². The molecular weight excluding hydrogens is 562 g/mol. The topological polar surface area (TPSA) is 111 Å². The summed E-state index contributed by atoms with van der Waals surface area (Å²) in [5.41, 5.74) is 7.17. The van der Waals surface area contributed by atoms with Gasteiger partial charge >= 0.3 is 5.97 Å². The number of H-pyrrole nitrogens is 1. The molecule has 8 heteroatoms. The molecule has 0 radical (unpaired) electrons. The number of nitrogens with zero attached hydrogens (tertiary/aromatic N) is 3. The lowest BCUT2D eigenvalue weighted by Gasteiger charge is -2.36. The molecule has 8 rings (SSSR count). The fraction of sp³-hybridized carbons (Fsp3) is 0.351. The lowest BCUT2D eigenvalue weighted by Crippen LogP contribution is -2.44. The highest BCUT2D eigenvalue weighted by Crippen LogP contribution is 2.57. The van der Waals surface area contributed by atoms with Crippen LogP contribution in [0.5, 0.6) is 0 Å². The number of amides is 1. The fourth-order valence-corrected chi connectivity index (χ4v) is 8.36. The first-order valence-electron chi connectivity index (χ1n) is 16.3. The molecule has 0 spiro atoms. The Hall–Kier alpha value is -4.72. The van der Waals surface area contributed by atoms with Gasteiger partial charge in [0.25, 0.3) is 5.91 Å². The summed E-state index contributed by atoms with van der Waals surface area (Å²) in [5.74, 6) is 0.647. The minimum absolute atomic E-state index is 0.0998. The van der Waals surface area contributed by atoms with Crippen molar-refractivity contribution in [1.29, 1.82) is 0 Å². The predicted molar refractivity (Wildman–Crippen MR) is 176 cm³/mol. The lowest BCUT2D eigenvalue weighted by molar-refractivity contribution is -0.131. The summed E-state index contributed by atoms with van der Waals surface area (Å²) >= 11 is 0. The van der Waals surface area contributed by atoms with Crippen LogP contribution in [0.1, 0.15) is 103 Å². The predicted octanol–water partition coefficient (Wildman–Crippen LogP) is 7.76. The number of carbonyl (C=O) groups is 2. The number of imidazole rings is 1. The van der Waals surface area contributed by atoms with Crippen molar-refractivity contribution in [3.05, 3.63) is 94.8 Å². The highest BCUT2D eigenvalue weighted by molar-refractivity contribution is 5.98. The minimum atomic E-state index is -0.989. The molecule has 0 saturated heterocycles. The number of carboxylic acid groups (broad SMARTS) is 1. The van der Waals surface area contributed by atoms with E-state index in [0.29, 0.717) is 17.4 Å². The third-order valence-electron chi connectivity index (χ3n) is 10.5. The normalized spacial score (nSPS) is 22.0. The zero-order chi connectivity index (χ0) is 30.5. The quantitative estimate of drug-likeness (QED) is 0.196. The number of aliphatic imine (C=N–C) groups is 1. The molecule has 0 bridgehead atoms. The molecule has 1 aromatic heterocycles. The molecule has 4 aliphatic rings. The maximum atomic E-state index is 14.1. The van der Waals surface area contributed by atoms with Crippen LogP contribution < -0.4 is 10.2 Å². The number of carboxylic acids is 1. The van der Waals surface area contributed by atoms with E-state index >= 15 is 0 Å². The van der Waals surface area contributed by atoms with Crippen LogP contribution in [-0.4, -0.2) is 33.3 Å². The Morgan fingerprint density at radius 1 is 0.956 bits per heavy atom. The van der Waals surface area contributed by atoms with Gasteiger partial charge in [-0.3, -0.25) is 4.79 Å². The van der Waals surface area contributed by atoms with Crippen molar-refractivity contribution < 1.29 is 14.7 Å². The average molecular weight is 600 g/mol. The van der Waals surface area contributed by atoms with Crippen LogP contribution >= 0.6 is 0 Å². The van der Waals surface area contributed by atoms with Gasteiger partial charge in [-0.05, 0) is 79.1 Å². The number of benzene rings is 3. The third kappa shape index (κ3) is 4.83. The summed E-state index contributed by atoms with van der Waals surface area (Å²) in [7, 11) is 0. The summed E-state index contributed by atoms with van der Waals surface area (Å²) < 4.78 is 0. The maximum absolute atomic E-state index is 14.1. The number of carbonyl (C=O) groups excluding carboxylic acids is 1. The molecule has 2 aliphatic heterocycles. The summed E-state index contributed by atoms with van der Waals surface area (Å²) in [4.78, 5) is 40.6. The number of aromatic amines is 1. The van der Waals surface area contributed by atoms with Crippen LogP contribution in [0.15, 0.2) is 71.7 Å². The van der Waals surface area contributed by atoms with E-state index in [9.17, 15) is 9.59 Å². The van der Waals surface area contributed by atoms with Gasteiger partial charge in [-0.2, -0.15) is 0 Å². The monoisotopic (exact) mass is 599 g/mol. The molecular formula is C37H37N5O3. The molecule has 2 atom stereocenters. The second-order valence-corrected chi connectivity index (χ2v) is 13.1. The van der Waals surface area contributed by atoms with Gasteiger partial charge in [0.05, 0.1) is 34.6 Å². The Balaban J connectivity index is 1.12. The molecule has 8 nitrogen and oxygen atoms in total. The molecule has 3 heterocycles. The molecule has 1 amide bonds. The number of aromatic nitrogens is 2. The van der Waals surface area contributed by atoms with Crippen LogP contribution in [0.4, 0.5) is 11.4 Å². The van der Waals surface area contributed by atoms with Gasteiger partial charge in [0, 0.05) is 28.8 Å². The number of anilines is 1. The molecule has 228 valence electrons. The zero-order valence-electron chi connectivity index (χ0n) is 25.2. The third-order valence-corrected chi connectivity index (χ3v) is 10.5. The standard InChI is InChI=1S/C37H37N5O3/c43-32(44)17-13-23-12-16-29-30(20-23)40-36(39-29)37(18-6-7-19-37)41-35(45)25-14-15-27-31(21-25)42-22-38-28-11-5-4-10-26(28)34(42)33(27)24-8-2-1-3-9-24/h4-5,10-17,20-22,24,33-34H,1-3,6-9,18-19H2,(H,39,40)(H,41,45)(H,43,44). The number of para-hydroxylation sites is 1. The van der Waals surface area contributed by atoms with Crippen molar-refractivity contribution in [2.75, 3.05) is 4.90 Å². The second-order valence-electron chi connectivity index (χ2n) is 13.1. The van der Waals surface area contributed by atoms with Gasteiger partial charge in [-0.15, -0.1) is 0 Å². The van der Waals surface area contributed by atoms with E-state index in [1.165, 1.54) is 43.2 Å². The van der Waals surface area contributed by atoms with Crippen molar-refractivity contribution in [3.63, 3.8) is 0 Å². The minimum Gasteiger partial charge on any atom is -0.478 e. The van der Waals surface area contributed by atoms with Gasteiger partial charge < -0.3 is 20.3 Å². The highest BCUT2D eigenvalue weighted by atomic mass is 16.4. The molecule has 2 unspecified atom stereocenters. The number of hydrogen-bond acceptors (Lipinski definition) is 5. The number of fused-ring (bicyclic) bond motifs is 6. The van der Waals surface area contributed by atoms with E-state index < -0.39 is 11.5 Å². The number of rotatable bonds is 6.